The first-order chi connectivity index (χ1) is 9.39. The van der Waals surface area contributed by atoms with E-state index in [1.807, 2.05) is 5.38 Å². The highest BCUT2D eigenvalue weighted by atomic mass is 32.1. The summed E-state index contributed by atoms with van der Waals surface area (Å²) in [5, 5.41) is 2.23. The van der Waals surface area contributed by atoms with Crippen molar-refractivity contribution in [3.63, 3.8) is 0 Å². The minimum atomic E-state index is -0.353. The molecule has 1 aliphatic carbocycles. The van der Waals surface area contributed by atoms with Crippen LogP contribution in [0.25, 0.3) is 0 Å². The van der Waals surface area contributed by atoms with Gasteiger partial charge in [-0.15, -0.1) is 11.3 Å². The van der Waals surface area contributed by atoms with Gasteiger partial charge in [0, 0.05) is 5.38 Å². The van der Waals surface area contributed by atoms with E-state index in [4.69, 9.17) is 10.6 Å². The van der Waals surface area contributed by atoms with Crippen LogP contribution < -0.4 is 11.3 Å². The summed E-state index contributed by atoms with van der Waals surface area (Å²) in [6.07, 6.45) is 3.72. The molecule has 0 aromatic carbocycles. The molecule has 5 nitrogen and oxygen atoms in total. The number of rotatable bonds is 4. The van der Waals surface area contributed by atoms with E-state index in [1.54, 1.807) is 0 Å². The maximum absolute atomic E-state index is 11.3. The second kappa shape index (κ2) is 6.20. The molecule has 1 aliphatic rings. The van der Waals surface area contributed by atoms with E-state index in [-0.39, 0.29) is 12.0 Å². The number of nitrogen functional groups attached to an aromatic ring is 1. The SMILES string of the molecule is CC1CC(OCc2csc(C(=O)NN)n2)CC(C)(C)C1. The molecule has 20 heavy (non-hydrogen) atoms. The van der Waals surface area contributed by atoms with E-state index >= 15 is 0 Å². The quantitative estimate of drug-likeness (QED) is 0.508. The molecule has 1 saturated carbocycles. The Bertz CT molecular complexity index is 473. The van der Waals surface area contributed by atoms with Gasteiger partial charge in [0.25, 0.3) is 5.91 Å². The highest BCUT2D eigenvalue weighted by Crippen LogP contribution is 2.39. The zero-order chi connectivity index (χ0) is 14.8. The highest BCUT2D eigenvalue weighted by Gasteiger charge is 2.32. The lowest BCUT2D eigenvalue weighted by molar-refractivity contribution is -0.0325. The van der Waals surface area contributed by atoms with Gasteiger partial charge in [-0.1, -0.05) is 20.8 Å². The average molecular weight is 297 g/mol. The van der Waals surface area contributed by atoms with Crippen molar-refractivity contribution in [1.82, 2.24) is 10.4 Å². The maximum atomic E-state index is 11.3. The van der Waals surface area contributed by atoms with Crippen molar-refractivity contribution < 1.29 is 9.53 Å². The molecule has 0 spiro atoms. The van der Waals surface area contributed by atoms with Crippen LogP contribution in [0.2, 0.25) is 0 Å². The highest BCUT2D eigenvalue weighted by molar-refractivity contribution is 7.11. The van der Waals surface area contributed by atoms with Crippen LogP contribution >= 0.6 is 11.3 Å². The number of hydrogen-bond donors (Lipinski definition) is 2. The smallest absolute Gasteiger partial charge is 0.294 e. The fourth-order valence-corrected chi connectivity index (χ4v) is 3.83. The van der Waals surface area contributed by atoms with Gasteiger partial charge < -0.3 is 4.74 Å². The number of nitrogens with two attached hydrogens (primary N) is 1. The molecular weight excluding hydrogens is 274 g/mol. The summed E-state index contributed by atoms with van der Waals surface area (Å²) >= 11 is 1.29. The number of thiazole rings is 1. The first-order valence-electron chi connectivity index (χ1n) is 6.96. The van der Waals surface area contributed by atoms with Gasteiger partial charge in [-0.05, 0) is 30.6 Å². The van der Waals surface area contributed by atoms with Crippen LogP contribution in [0.15, 0.2) is 5.38 Å². The zero-order valence-corrected chi connectivity index (χ0v) is 13.1. The minimum Gasteiger partial charge on any atom is -0.372 e. The monoisotopic (exact) mass is 297 g/mol. The predicted molar refractivity (Wildman–Crippen MR) is 79.1 cm³/mol. The molecule has 1 aromatic heterocycles. The van der Waals surface area contributed by atoms with Crippen molar-refractivity contribution in [2.75, 3.05) is 0 Å². The van der Waals surface area contributed by atoms with Crippen LogP contribution in [0.3, 0.4) is 0 Å². The Labute approximate surface area is 123 Å². The fraction of sp³-hybridized carbons (Fsp3) is 0.714. The first kappa shape index (κ1) is 15.4. The molecule has 2 atom stereocenters. The number of ether oxygens (including phenoxy) is 1. The van der Waals surface area contributed by atoms with Gasteiger partial charge in [0.1, 0.15) is 0 Å². The third-order valence-corrected chi connectivity index (χ3v) is 4.58. The minimum absolute atomic E-state index is 0.280. The molecule has 0 radical (unpaired) electrons. The summed E-state index contributed by atoms with van der Waals surface area (Å²) in [6, 6.07) is 0. The number of nitrogens with zero attached hydrogens (tertiary/aromatic N) is 1. The van der Waals surface area contributed by atoms with Gasteiger partial charge in [0.2, 0.25) is 0 Å². The Morgan fingerprint density at radius 1 is 1.60 bits per heavy atom. The number of nitrogens with one attached hydrogen (secondary N) is 1. The van der Waals surface area contributed by atoms with E-state index in [0.29, 0.717) is 22.9 Å². The van der Waals surface area contributed by atoms with Gasteiger partial charge in [-0.2, -0.15) is 0 Å². The Morgan fingerprint density at radius 3 is 3.00 bits per heavy atom. The Balaban J connectivity index is 1.88. The summed E-state index contributed by atoms with van der Waals surface area (Å²) in [4.78, 5) is 15.6. The van der Waals surface area contributed by atoms with Crippen LogP contribution in [0.5, 0.6) is 0 Å². The standard InChI is InChI=1S/C14H23N3O2S/c1-9-4-11(6-14(2,3)5-9)19-7-10-8-20-13(16-10)12(18)17-15/h8-9,11H,4-7,15H2,1-3H3,(H,17,18). The van der Waals surface area contributed by atoms with Gasteiger partial charge in [0.05, 0.1) is 18.4 Å². The molecule has 1 heterocycles. The van der Waals surface area contributed by atoms with Crippen molar-refractivity contribution in [3.8, 4) is 0 Å². The lowest BCUT2D eigenvalue weighted by atomic mass is 9.71. The van der Waals surface area contributed by atoms with Crippen LogP contribution in [0.4, 0.5) is 0 Å². The van der Waals surface area contributed by atoms with Crippen LogP contribution in [-0.4, -0.2) is 17.0 Å². The van der Waals surface area contributed by atoms with Crippen molar-refractivity contribution in [1.29, 1.82) is 0 Å². The first-order valence-corrected chi connectivity index (χ1v) is 7.84. The normalized spacial score (nSPS) is 25.4. The van der Waals surface area contributed by atoms with E-state index in [1.165, 1.54) is 17.8 Å². The van der Waals surface area contributed by atoms with Crippen molar-refractivity contribution in [2.45, 2.75) is 52.7 Å². The van der Waals surface area contributed by atoms with E-state index < -0.39 is 0 Å². The fourth-order valence-electron chi connectivity index (χ4n) is 3.13. The Morgan fingerprint density at radius 2 is 2.35 bits per heavy atom. The molecule has 6 heteroatoms. The molecule has 1 fully saturated rings. The molecule has 0 aliphatic heterocycles. The molecule has 112 valence electrons. The number of amides is 1. The topological polar surface area (TPSA) is 77.2 Å². The van der Waals surface area contributed by atoms with Crippen LogP contribution in [-0.2, 0) is 11.3 Å². The van der Waals surface area contributed by atoms with E-state index in [0.717, 1.165) is 18.5 Å². The molecular formula is C14H23N3O2S. The van der Waals surface area contributed by atoms with Gasteiger partial charge in [-0.3, -0.25) is 10.2 Å². The number of carbonyl (C=O) groups excluding carboxylic acids is 1. The Kier molecular flexibility index (Phi) is 4.78. The largest absolute Gasteiger partial charge is 0.372 e. The van der Waals surface area contributed by atoms with E-state index in [2.05, 4.69) is 31.2 Å². The van der Waals surface area contributed by atoms with Crippen molar-refractivity contribution in [3.05, 3.63) is 16.1 Å². The molecule has 1 aromatic rings. The van der Waals surface area contributed by atoms with Crippen LogP contribution in [0, 0.1) is 11.3 Å². The predicted octanol–water partition coefficient (Wildman–Crippen LogP) is 2.48. The summed E-state index contributed by atoms with van der Waals surface area (Å²) in [5.41, 5.74) is 3.22. The molecule has 2 unspecified atom stereocenters. The van der Waals surface area contributed by atoms with E-state index in [9.17, 15) is 4.79 Å². The number of hydrazine groups is 1. The maximum Gasteiger partial charge on any atom is 0.294 e. The average Bonchev–Trinajstić information content (AvgIpc) is 2.82. The van der Waals surface area contributed by atoms with Crippen molar-refractivity contribution >= 4 is 17.2 Å². The summed E-state index contributed by atoms with van der Waals surface area (Å²) in [7, 11) is 0. The number of hydrogen-bond acceptors (Lipinski definition) is 5. The molecule has 0 saturated heterocycles. The number of carbonyl (C=O) groups is 1. The molecule has 1 amide bonds. The van der Waals surface area contributed by atoms with Crippen molar-refractivity contribution in [2.24, 2.45) is 17.2 Å². The third kappa shape index (κ3) is 4.01. The van der Waals surface area contributed by atoms with Gasteiger partial charge in [-0.25, -0.2) is 10.8 Å². The molecule has 3 N–H and O–H groups in total. The summed E-state index contributed by atoms with van der Waals surface area (Å²) in [5.74, 6) is 5.42. The summed E-state index contributed by atoms with van der Waals surface area (Å²) in [6.45, 7) is 7.34. The Hall–Kier alpha value is -0.980. The zero-order valence-electron chi connectivity index (χ0n) is 12.3. The molecule has 0 bridgehead atoms. The second-order valence-electron chi connectivity index (χ2n) is 6.46. The van der Waals surface area contributed by atoms with Crippen LogP contribution in [0.1, 0.15) is 55.5 Å². The van der Waals surface area contributed by atoms with Gasteiger partial charge >= 0.3 is 0 Å². The lowest BCUT2D eigenvalue weighted by Crippen LogP contribution is -2.32. The number of aromatic nitrogens is 1. The lowest BCUT2D eigenvalue weighted by Gasteiger charge is -2.38. The third-order valence-electron chi connectivity index (χ3n) is 3.69. The van der Waals surface area contributed by atoms with Gasteiger partial charge in [0.15, 0.2) is 5.01 Å². The molecule has 2 rings (SSSR count). The second-order valence-corrected chi connectivity index (χ2v) is 7.32. The summed E-state index contributed by atoms with van der Waals surface area (Å²) < 4.78 is 5.98.